The number of amides is 1. The molecule has 0 unspecified atom stereocenters. The zero-order chi connectivity index (χ0) is 14.8. The van der Waals surface area contributed by atoms with Crippen LogP contribution in [-0.2, 0) is 0 Å². The average molecular weight is 282 g/mol. The molecule has 1 aliphatic carbocycles. The van der Waals surface area contributed by atoms with Gasteiger partial charge in [-0.3, -0.25) is 9.78 Å². The number of hydrogen-bond acceptors (Lipinski definition) is 2. The van der Waals surface area contributed by atoms with Crippen molar-refractivity contribution in [3.63, 3.8) is 0 Å². The average Bonchev–Trinajstić information content (AvgIpc) is 2.48. The molecule has 0 spiro atoms. The van der Waals surface area contributed by atoms with Gasteiger partial charge in [0.1, 0.15) is 0 Å². The molecular weight excluding hydrogens is 260 g/mol. The van der Waals surface area contributed by atoms with Gasteiger partial charge in [0.25, 0.3) is 5.91 Å². The highest BCUT2D eigenvalue weighted by Crippen LogP contribution is 2.25. The van der Waals surface area contributed by atoms with Gasteiger partial charge in [-0.2, -0.15) is 0 Å². The van der Waals surface area contributed by atoms with E-state index in [9.17, 15) is 4.79 Å². The maximum atomic E-state index is 12.7. The molecule has 3 rings (SSSR count). The molecule has 1 aliphatic rings. The Balaban J connectivity index is 1.90. The van der Waals surface area contributed by atoms with Crippen LogP contribution in [0.5, 0.6) is 0 Å². The Morgan fingerprint density at radius 3 is 2.81 bits per heavy atom. The second-order valence-corrected chi connectivity index (χ2v) is 6.17. The smallest absolute Gasteiger partial charge is 0.252 e. The normalized spacial score (nSPS) is 22.2. The molecule has 1 aromatic heterocycles. The topological polar surface area (TPSA) is 42.0 Å². The van der Waals surface area contributed by atoms with Crippen molar-refractivity contribution in [2.24, 2.45) is 5.92 Å². The van der Waals surface area contributed by atoms with Gasteiger partial charge in [0.15, 0.2) is 0 Å². The highest BCUT2D eigenvalue weighted by molar-refractivity contribution is 6.06. The number of carbonyl (C=O) groups is 1. The molecule has 2 aromatic rings. The first-order chi connectivity index (χ1) is 10.1. The van der Waals surface area contributed by atoms with Crippen molar-refractivity contribution in [2.45, 2.75) is 45.6 Å². The van der Waals surface area contributed by atoms with E-state index in [1.807, 2.05) is 37.3 Å². The largest absolute Gasteiger partial charge is 0.349 e. The summed E-state index contributed by atoms with van der Waals surface area (Å²) in [5.41, 5.74) is 2.52. The number of hydrogen-bond donors (Lipinski definition) is 1. The highest BCUT2D eigenvalue weighted by Gasteiger charge is 2.24. The Hall–Kier alpha value is -1.90. The Morgan fingerprint density at radius 1 is 1.24 bits per heavy atom. The SMILES string of the molecule is Cc1cc(C(=O)N[C@H]2CCCC[C@@H]2C)c2ccccc2n1. The summed E-state index contributed by atoms with van der Waals surface area (Å²) in [6.45, 7) is 4.17. The van der Waals surface area contributed by atoms with Crippen LogP contribution in [0.2, 0.25) is 0 Å². The maximum absolute atomic E-state index is 12.7. The first kappa shape index (κ1) is 14.1. The molecule has 0 radical (unpaired) electrons. The van der Waals surface area contributed by atoms with Gasteiger partial charge in [0, 0.05) is 17.1 Å². The summed E-state index contributed by atoms with van der Waals surface area (Å²) in [4.78, 5) is 17.2. The first-order valence-corrected chi connectivity index (χ1v) is 7.82. The minimum absolute atomic E-state index is 0.0375. The second-order valence-electron chi connectivity index (χ2n) is 6.17. The van der Waals surface area contributed by atoms with Gasteiger partial charge in [-0.25, -0.2) is 0 Å². The van der Waals surface area contributed by atoms with E-state index in [0.29, 0.717) is 12.0 Å². The van der Waals surface area contributed by atoms with Crippen LogP contribution < -0.4 is 5.32 Å². The standard InChI is InChI=1S/C18H22N2O/c1-12-7-3-5-9-16(12)20-18(21)15-11-13(2)19-17-10-6-4-8-14(15)17/h4,6,8,10-12,16H,3,5,7,9H2,1-2H3,(H,20,21)/t12-,16-/m0/s1. The molecule has 0 aliphatic heterocycles. The van der Waals surface area contributed by atoms with Gasteiger partial charge in [0.2, 0.25) is 0 Å². The van der Waals surface area contributed by atoms with Crippen molar-refractivity contribution >= 4 is 16.8 Å². The van der Waals surface area contributed by atoms with Crippen LogP contribution in [-0.4, -0.2) is 16.9 Å². The number of rotatable bonds is 2. The van der Waals surface area contributed by atoms with Gasteiger partial charge in [0.05, 0.1) is 11.1 Å². The Bertz CT molecular complexity index is 665. The fraction of sp³-hybridized carbons (Fsp3) is 0.444. The molecule has 3 nitrogen and oxygen atoms in total. The predicted octanol–water partition coefficient (Wildman–Crippen LogP) is 3.85. The van der Waals surface area contributed by atoms with E-state index in [4.69, 9.17) is 0 Å². The quantitative estimate of drug-likeness (QED) is 0.909. The summed E-state index contributed by atoms with van der Waals surface area (Å²) < 4.78 is 0. The number of para-hydroxylation sites is 1. The monoisotopic (exact) mass is 282 g/mol. The third-order valence-electron chi connectivity index (χ3n) is 4.52. The van der Waals surface area contributed by atoms with Crippen LogP contribution in [0, 0.1) is 12.8 Å². The molecule has 1 saturated carbocycles. The lowest BCUT2D eigenvalue weighted by molar-refractivity contribution is 0.0912. The summed E-state index contributed by atoms with van der Waals surface area (Å²) in [5, 5.41) is 4.17. The number of benzene rings is 1. The summed E-state index contributed by atoms with van der Waals surface area (Å²) in [7, 11) is 0. The molecule has 1 fully saturated rings. The van der Waals surface area contributed by atoms with Crippen molar-refractivity contribution in [3.8, 4) is 0 Å². The van der Waals surface area contributed by atoms with Crippen molar-refractivity contribution in [1.29, 1.82) is 0 Å². The third-order valence-corrected chi connectivity index (χ3v) is 4.52. The number of fused-ring (bicyclic) bond motifs is 1. The summed E-state index contributed by atoms with van der Waals surface area (Å²) >= 11 is 0. The number of pyridine rings is 1. The Labute approximate surface area is 125 Å². The Kier molecular flexibility index (Phi) is 3.91. The zero-order valence-corrected chi connectivity index (χ0v) is 12.7. The Morgan fingerprint density at radius 2 is 2.00 bits per heavy atom. The van der Waals surface area contributed by atoms with Gasteiger partial charge in [-0.15, -0.1) is 0 Å². The second kappa shape index (κ2) is 5.84. The van der Waals surface area contributed by atoms with E-state index in [1.165, 1.54) is 19.3 Å². The van der Waals surface area contributed by atoms with E-state index in [-0.39, 0.29) is 5.91 Å². The van der Waals surface area contributed by atoms with Crippen LogP contribution in [0.4, 0.5) is 0 Å². The number of aryl methyl sites for hydroxylation is 1. The number of aromatic nitrogens is 1. The highest BCUT2D eigenvalue weighted by atomic mass is 16.1. The van der Waals surface area contributed by atoms with Crippen LogP contribution in [0.25, 0.3) is 10.9 Å². The van der Waals surface area contributed by atoms with Crippen molar-refractivity contribution in [2.75, 3.05) is 0 Å². The number of nitrogens with zero attached hydrogens (tertiary/aromatic N) is 1. The molecule has 1 heterocycles. The first-order valence-electron chi connectivity index (χ1n) is 7.82. The fourth-order valence-electron chi connectivity index (χ4n) is 3.27. The minimum atomic E-state index is 0.0375. The molecular formula is C18H22N2O. The van der Waals surface area contributed by atoms with Crippen LogP contribution in [0.15, 0.2) is 30.3 Å². The molecule has 1 amide bonds. The van der Waals surface area contributed by atoms with E-state index in [2.05, 4.69) is 17.2 Å². The van der Waals surface area contributed by atoms with E-state index in [0.717, 1.165) is 28.6 Å². The molecule has 1 aromatic carbocycles. The van der Waals surface area contributed by atoms with Gasteiger partial charge >= 0.3 is 0 Å². The lowest BCUT2D eigenvalue weighted by Crippen LogP contribution is -2.41. The van der Waals surface area contributed by atoms with E-state index >= 15 is 0 Å². The van der Waals surface area contributed by atoms with Crippen molar-refractivity contribution in [3.05, 3.63) is 41.6 Å². The van der Waals surface area contributed by atoms with Crippen LogP contribution >= 0.6 is 0 Å². The zero-order valence-electron chi connectivity index (χ0n) is 12.7. The van der Waals surface area contributed by atoms with E-state index < -0.39 is 0 Å². The molecule has 0 saturated heterocycles. The van der Waals surface area contributed by atoms with Gasteiger partial charge in [-0.1, -0.05) is 38.0 Å². The van der Waals surface area contributed by atoms with Crippen molar-refractivity contribution in [1.82, 2.24) is 10.3 Å². The van der Waals surface area contributed by atoms with Crippen LogP contribution in [0.1, 0.15) is 48.7 Å². The molecule has 1 N–H and O–H groups in total. The van der Waals surface area contributed by atoms with Crippen LogP contribution in [0.3, 0.4) is 0 Å². The molecule has 0 bridgehead atoms. The summed E-state index contributed by atoms with van der Waals surface area (Å²) in [6.07, 6.45) is 4.80. The minimum Gasteiger partial charge on any atom is -0.349 e. The third kappa shape index (κ3) is 2.92. The number of carbonyl (C=O) groups excluding carboxylic acids is 1. The molecule has 110 valence electrons. The predicted molar refractivity (Wildman–Crippen MR) is 85.4 cm³/mol. The summed E-state index contributed by atoms with van der Waals surface area (Å²) in [6, 6.07) is 10.0. The van der Waals surface area contributed by atoms with Gasteiger partial charge < -0.3 is 5.32 Å². The van der Waals surface area contributed by atoms with Crippen molar-refractivity contribution < 1.29 is 4.79 Å². The lowest BCUT2D eigenvalue weighted by atomic mass is 9.86. The van der Waals surface area contributed by atoms with Gasteiger partial charge in [-0.05, 0) is 37.8 Å². The summed E-state index contributed by atoms with van der Waals surface area (Å²) in [5.74, 6) is 0.604. The molecule has 3 heteroatoms. The fourth-order valence-corrected chi connectivity index (χ4v) is 3.27. The van der Waals surface area contributed by atoms with E-state index in [1.54, 1.807) is 0 Å². The lowest BCUT2D eigenvalue weighted by Gasteiger charge is -2.29. The molecule has 21 heavy (non-hydrogen) atoms. The molecule has 2 atom stereocenters. The maximum Gasteiger partial charge on any atom is 0.252 e. The number of nitrogens with one attached hydrogen (secondary N) is 1.